The second-order valence-corrected chi connectivity index (χ2v) is 6.31. The molecule has 104 valence electrons. The van der Waals surface area contributed by atoms with Gasteiger partial charge in [-0.25, -0.2) is 0 Å². The SMILES string of the molecule is CC(CC(=O)N1CCC(CN)C1)C1CCCCC1. The van der Waals surface area contributed by atoms with Gasteiger partial charge in [0, 0.05) is 19.5 Å². The van der Waals surface area contributed by atoms with Gasteiger partial charge >= 0.3 is 0 Å². The number of carbonyl (C=O) groups excluding carboxylic acids is 1. The first-order chi connectivity index (χ1) is 8.70. The monoisotopic (exact) mass is 252 g/mol. The Labute approximate surface area is 111 Å². The topological polar surface area (TPSA) is 46.3 Å². The molecule has 3 heteroatoms. The molecule has 2 unspecified atom stereocenters. The summed E-state index contributed by atoms with van der Waals surface area (Å²) in [6.45, 7) is 4.82. The molecular formula is C15H28N2O. The van der Waals surface area contributed by atoms with Gasteiger partial charge in [-0.15, -0.1) is 0 Å². The predicted molar refractivity (Wildman–Crippen MR) is 74.1 cm³/mol. The molecule has 1 amide bonds. The van der Waals surface area contributed by atoms with Crippen LogP contribution in [0.15, 0.2) is 0 Å². The summed E-state index contributed by atoms with van der Waals surface area (Å²) < 4.78 is 0. The van der Waals surface area contributed by atoms with Crippen molar-refractivity contribution >= 4 is 5.91 Å². The summed E-state index contributed by atoms with van der Waals surface area (Å²) >= 11 is 0. The molecule has 1 heterocycles. The normalized spacial score (nSPS) is 27.4. The van der Waals surface area contributed by atoms with Gasteiger partial charge in [-0.3, -0.25) is 4.79 Å². The maximum atomic E-state index is 12.2. The summed E-state index contributed by atoms with van der Waals surface area (Å²) in [5, 5.41) is 0. The van der Waals surface area contributed by atoms with E-state index in [9.17, 15) is 4.79 Å². The zero-order chi connectivity index (χ0) is 13.0. The Morgan fingerprint density at radius 2 is 2.00 bits per heavy atom. The van der Waals surface area contributed by atoms with Crippen molar-refractivity contribution in [2.24, 2.45) is 23.5 Å². The van der Waals surface area contributed by atoms with Gasteiger partial charge in [0.1, 0.15) is 0 Å². The van der Waals surface area contributed by atoms with Crippen LogP contribution in [0.1, 0.15) is 51.9 Å². The zero-order valence-electron chi connectivity index (χ0n) is 11.7. The summed E-state index contributed by atoms with van der Waals surface area (Å²) in [5.41, 5.74) is 5.68. The van der Waals surface area contributed by atoms with E-state index in [4.69, 9.17) is 5.73 Å². The molecule has 1 saturated carbocycles. The van der Waals surface area contributed by atoms with Crippen LogP contribution in [0.5, 0.6) is 0 Å². The van der Waals surface area contributed by atoms with Crippen molar-refractivity contribution in [3.05, 3.63) is 0 Å². The molecule has 1 aliphatic carbocycles. The van der Waals surface area contributed by atoms with Crippen LogP contribution in [0.3, 0.4) is 0 Å². The van der Waals surface area contributed by atoms with E-state index >= 15 is 0 Å². The van der Waals surface area contributed by atoms with Gasteiger partial charge in [0.15, 0.2) is 0 Å². The van der Waals surface area contributed by atoms with Crippen molar-refractivity contribution in [3.63, 3.8) is 0 Å². The lowest BCUT2D eigenvalue weighted by Crippen LogP contribution is -2.32. The fourth-order valence-corrected chi connectivity index (χ4v) is 3.53. The third-order valence-electron chi connectivity index (χ3n) is 4.92. The quantitative estimate of drug-likeness (QED) is 0.835. The van der Waals surface area contributed by atoms with Crippen molar-refractivity contribution in [1.29, 1.82) is 0 Å². The van der Waals surface area contributed by atoms with Gasteiger partial charge in [-0.05, 0) is 30.7 Å². The Kier molecular flexibility index (Phi) is 5.04. The largest absolute Gasteiger partial charge is 0.342 e. The van der Waals surface area contributed by atoms with Crippen molar-refractivity contribution in [1.82, 2.24) is 4.90 Å². The van der Waals surface area contributed by atoms with Gasteiger partial charge < -0.3 is 10.6 Å². The van der Waals surface area contributed by atoms with E-state index in [0.717, 1.165) is 38.4 Å². The minimum atomic E-state index is 0.365. The van der Waals surface area contributed by atoms with E-state index in [0.29, 0.717) is 17.7 Å². The highest BCUT2D eigenvalue weighted by Crippen LogP contribution is 2.32. The average Bonchev–Trinajstić information content (AvgIpc) is 2.88. The Bertz CT molecular complexity index is 274. The van der Waals surface area contributed by atoms with E-state index in [1.54, 1.807) is 0 Å². The van der Waals surface area contributed by atoms with E-state index in [-0.39, 0.29) is 0 Å². The van der Waals surface area contributed by atoms with Crippen LogP contribution in [-0.2, 0) is 4.79 Å². The highest BCUT2D eigenvalue weighted by Gasteiger charge is 2.28. The molecule has 2 atom stereocenters. The van der Waals surface area contributed by atoms with E-state index in [1.807, 2.05) is 4.90 Å². The maximum absolute atomic E-state index is 12.2. The first kappa shape index (κ1) is 13.9. The standard InChI is InChI=1S/C15H28N2O/c1-12(14-5-3-2-4-6-14)9-15(18)17-8-7-13(10-16)11-17/h12-14H,2-11,16H2,1H3. The fourth-order valence-electron chi connectivity index (χ4n) is 3.53. The molecule has 2 fully saturated rings. The van der Waals surface area contributed by atoms with Crippen LogP contribution in [0.25, 0.3) is 0 Å². The molecule has 18 heavy (non-hydrogen) atoms. The van der Waals surface area contributed by atoms with E-state index < -0.39 is 0 Å². The molecule has 2 N–H and O–H groups in total. The van der Waals surface area contributed by atoms with Crippen molar-refractivity contribution < 1.29 is 4.79 Å². The first-order valence-corrected chi connectivity index (χ1v) is 7.68. The van der Waals surface area contributed by atoms with Gasteiger partial charge in [-0.2, -0.15) is 0 Å². The molecule has 0 spiro atoms. The number of likely N-dealkylation sites (tertiary alicyclic amines) is 1. The lowest BCUT2D eigenvalue weighted by atomic mass is 9.79. The summed E-state index contributed by atoms with van der Waals surface area (Å²) in [7, 11) is 0. The Morgan fingerprint density at radius 1 is 1.28 bits per heavy atom. The number of hydrogen-bond acceptors (Lipinski definition) is 2. The van der Waals surface area contributed by atoms with E-state index in [1.165, 1.54) is 32.1 Å². The number of amides is 1. The number of nitrogens with two attached hydrogens (primary N) is 1. The van der Waals surface area contributed by atoms with Crippen LogP contribution in [0, 0.1) is 17.8 Å². The summed E-state index contributed by atoms with van der Waals surface area (Å²) in [6.07, 6.45) is 8.63. The van der Waals surface area contributed by atoms with Crippen LogP contribution in [0.2, 0.25) is 0 Å². The van der Waals surface area contributed by atoms with Crippen molar-refractivity contribution in [2.75, 3.05) is 19.6 Å². The van der Waals surface area contributed by atoms with Crippen molar-refractivity contribution in [2.45, 2.75) is 51.9 Å². The summed E-state index contributed by atoms with van der Waals surface area (Å²) in [6, 6.07) is 0. The lowest BCUT2D eigenvalue weighted by molar-refractivity contribution is -0.131. The highest BCUT2D eigenvalue weighted by atomic mass is 16.2. The van der Waals surface area contributed by atoms with Gasteiger partial charge in [-0.1, -0.05) is 39.0 Å². The van der Waals surface area contributed by atoms with Crippen LogP contribution >= 0.6 is 0 Å². The first-order valence-electron chi connectivity index (χ1n) is 7.68. The summed E-state index contributed by atoms with van der Waals surface area (Å²) in [5.74, 6) is 2.26. The molecule has 0 bridgehead atoms. The fraction of sp³-hybridized carbons (Fsp3) is 0.933. The predicted octanol–water partition coefficient (Wildman–Crippen LogP) is 2.40. The number of hydrogen-bond donors (Lipinski definition) is 1. The molecule has 1 saturated heterocycles. The van der Waals surface area contributed by atoms with E-state index in [2.05, 4.69) is 6.92 Å². The Morgan fingerprint density at radius 3 is 2.61 bits per heavy atom. The highest BCUT2D eigenvalue weighted by molar-refractivity contribution is 5.76. The lowest BCUT2D eigenvalue weighted by Gasteiger charge is -2.28. The molecule has 0 aromatic rings. The van der Waals surface area contributed by atoms with Gasteiger partial charge in [0.25, 0.3) is 0 Å². The molecule has 0 aromatic heterocycles. The van der Waals surface area contributed by atoms with Crippen LogP contribution in [-0.4, -0.2) is 30.4 Å². The third-order valence-corrected chi connectivity index (χ3v) is 4.92. The average molecular weight is 252 g/mol. The molecule has 2 rings (SSSR count). The van der Waals surface area contributed by atoms with Crippen LogP contribution in [0.4, 0.5) is 0 Å². The number of carbonyl (C=O) groups is 1. The van der Waals surface area contributed by atoms with Gasteiger partial charge in [0.05, 0.1) is 0 Å². The second kappa shape index (κ2) is 6.55. The molecular weight excluding hydrogens is 224 g/mol. The molecule has 0 radical (unpaired) electrons. The number of nitrogens with zero attached hydrogens (tertiary/aromatic N) is 1. The second-order valence-electron chi connectivity index (χ2n) is 6.31. The number of rotatable bonds is 4. The molecule has 1 aliphatic heterocycles. The Hall–Kier alpha value is -0.570. The van der Waals surface area contributed by atoms with Gasteiger partial charge in [0.2, 0.25) is 5.91 Å². The maximum Gasteiger partial charge on any atom is 0.222 e. The molecule has 2 aliphatic rings. The molecule has 3 nitrogen and oxygen atoms in total. The minimum Gasteiger partial charge on any atom is -0.342 e. The minimum absolute atomic E-state index is 0.365. The zero-order valence-corrected chi connectivity index (χ0v) is 11.7. The summed E-state index contributed by atoms with van der Waals surface area (Å²) in [4.78, 5) is 14.3. The molecule has 0 aromatic carbocycles. The van der Waals surface area contributed by atoms with Crippen molar-refractivity contribution in [3.8, 4) is 0 Å². The smallest absolute Gasteiger partial charge is 0.222 e. The third kappa shape index (κ3) is 3.47. The van der Waals surface area contributed by atoms with Crippen LogP contribution < -0.4 is 5.73 Å². The Balaban J connectivity index is 1.76.